The molecule has 2 aliphatic rings. The van der Waals surface area contributed by atoms with Gasteiger partial charge in [0.2, 0.25) is 0 Å². The fourth-order valence-corrected chi connectivity index (χ4v) is 3.31. The van der Waals surface area contributed by atoms with Gasteiger partial charge in [-0.1, -0.05) is 0 Å². The van der Waals surface area contributed by atoms with E-state index < -0.39 is 0 Å². The molecule has 1 aliphatic heterocycles. The molecule has 2 N–H and O–H groups in total. The topological polar surface area (TPSA) is 75.2 Å². The molecule has 0 radical (unpaired) electrons. The summed E-state index contributed by atoms with van der Waals surface area (Å²) >= 11 is 0. The summed E-state index contributed by atoms with van der Waals surface area (Å²) < 4.78 is 10.5. The molecule has 158 valence electrons. The van der Waals surface area contributed by atoms with Crippen LogP contribution >= 0.6 is 24.0 Å². The third-order valence-electron chi connectivity index (χ3n) is 5.12. The fraction of sp³-hybridized carbons (Fsp3) is 0.895. The predicted octanol–water partition coefficient (Wildman–Crippen LogP) is 2.84. The Kier molecular flexibility index (Phi) is 12.1. The summed E-state index contributed by atoms with van der Waals surface area (Å²) in [5.74, 6) is 2.19. The number of nitrogens with one attached hydrogen (secondary N) is 2. The van der Waals surface area contributed by atoms with Crippen molar-refractivity contribution in [3.05, 3.63) is 0 Å². The quantitative estimate of drug-likeness (QED) is 0.292. The van der Waals surface area contributed by atoms with Crippen LogP contribution in [-0.4, -0.2) is 69.5 Å². The van der Waals surface area contributed by atoms with Crippen LogP contribution in [0.4, 0.5) is 4.79 Å². The molecule has 0 aromatic carbocycles. The summed E-state index contributed by atoms with van der Waals surface area (Å²) in [5.41, 5.74) is 0. The molecule has 1 atom stereocenters. The van der Waals surface area contributed by atoms with Gasteiger partial charge in [-0.25, -0.2) is 4.79 Å². The fourth-order valence-electron chi connectivity index (χ4n) is 3.31. The highest BCUT2D eigenvalue weighted by molar-refractivity contribution is 14.0. The molecule has 2 fully saturated rings. The SMILES string of the molecule is CCNC(=NCC(NC(=O)OCC)C1CC1)N(C)CCC1CCOCC1.I. The number of guanidine groups is 1. The summed E-state index contributed by atoms with van der Waals surface area (Å²) in [6.45, 7) is 8.49. The monoisotopic (exact) mass is 496 g/mol. The molecule has 1 saturated heterocycles. The number of aliphatic imine (C=N–C) groups is 1. The van der Waals surface area contributed by atoms with Gasteiger partial charge in [-0.3, -0.25) is 4.99 Å². The van der Waals surface area contributed by atoms with Crippen LogP contribution in [0.5, 0.6) is 0 Å². The van der Waals surface area contributed by atoms with E-state index in [1.165, 1.54) is 0 Å². The number of hydrogen-bond acceptors (Lipinski definition) is 4. The molecule has 1 aliphatic carbocycles. The lowest BCUT2D eigenvalue weighted by molar-refractivity contribution is 0.0625. The van der Waals surface area contributed by atoms with Crippen molar-refractivity contribution in [2.75, 3.05) is 46.5 Å². The number of ether oxygens (including phenoxy) is 2. The molecule has 1 amide bonds. The Bertz CT molecular complexity index is 454. The highest BCUT2D eigenvalue weighted by Gasteiger charge is 2.32. The van der Waals surface area contributed by atoms with Gasteiger partial charge in [0.15, 0.2) is 5.96 Å². The molecule has 7 nitrogen and oxygen atoms in total. The van der Waals surface area contributed by atoms with E-state index in [9.17, 15) is 4.79 Å². The van der Waals surface area contributed by atoms with Crippen LogP contribution in [0.1, 0.15) is 46.0 Å². The zero-order valence-corrected chi connectivity index (χ0v) is 19.4. The average molecular weight is 496 g/mol. The molecule has 0 spiro atoms. The second kappa shape index (κ2) is 13.4. The smallest absolute Gasteiger partial charge is 0.407 e. The highest BCUT2D eigenvalue weighted by Crippen LogP contribution is 2.32. The summed E-state index contributed by atoms with van der Waals surface area (Å²) in [7, 11) is 2.09. The van der Waals surface area contributed by atoms with Crippen LogP contribution < -0.4 is 10.6 Å². The normalized spacial score (nSPS) is 19.0. The maximum Gasteiger partial charge on any atom is 0.407 e. The lowest BCUT2D eigenvalue weighted by Gasteiger charge is -2.27. The lowest BCUT2D eigenvalue weighted by Crippen LogP contribution is -2.43. The van der Waals surface area contributed by atoms with Crippen molar-refractivity contribution < 1.29 is 14.3 Å². The molecule has 27 heavy (non-hydrogen) atoms. The van der Waals surface area contributed by atoms with Gasteiger partial charge in [0.05, 0.1) is 19.2 Å². The van der Waals surface area contributed by atoms with E-state index in [-0.39, 0.29) is 36.1 Å². The first-order chi connectivity index (χ1) is 12.6. The van der Waals surface area contributed by atoms with E-state index in [4.69, 9.17) is 14.5 Å². The lowest BCUT2D eigenvalue weighted by atomic mass is 9.96. The first kappa shape index (κ1) is 24.3. The van der Waals surface area contributed by atoms with Crippen LogP contribution in [0.3, 0.4) is 0 Å². The van der Waals surface area contributed by atoms with E-state index >= 15 is 0 Å². The van der Waals surface area contributed by atoms with E-state index in [1.54, 1.807) is 0 Å². The summed E-state index contributed by atoms with van der Waals surface area (Å²) in [5, 5.41) is 6.34. The number of halogens is 1. The van der Waals surface area contributed by atoms with Gasteiger partial charge in [0.1, 0.15) is 0 Å². The largest absolute Gasteiger partial charge is 0.450 e. The molecule has 2 rings (SSSR count). The van der Waals surface area contributed by atoms with E-state index in [0.717, 1.165) is 70.3 Å². The summed E-state index contributed by atoms with van der Waals surface area (Å²) in [6.07, 6.45) is 5.46. The van der Waals surface area contributed by atoms with Crippen molar-refractivity contribution in [2.45, 2.75) is 52.0 Å². The third kappa shape index (κ3) is 9.32. The Morgan fingerprint density at radius 3 is 2.56 bits per heavy atom. The number of alkyl carbamates (subject to hydrolysis) is 1. The zero-order chi connectivity index (χ0) is 18.8. The van der Waals surface area contributed by atoms with E-state index in [2.05, 4.69) is 29.5 Å². The minimum atomic E-state index is -0.336. The van der Waals surface area contributed by atoms with Gasteiger partial charge in [-0.2, -0.15) is 0 Å². The van der Waals surface area contributed by atoms with Crippen molar-refractivity contribution in [2.24, 2.45) is 16.8 Å². The highest BCUT2D eigenvalue weighted by atomic mass is 127. The van der Waals surface area contributed by atoms with Crippen LogP contribution in [0.15, 0.2) is 4.99 Å². The molecule has 0 aromatic heterocycles. The number of carbonyl (C=O) groups excluding carboxylic acids is 1. The number of nitrogens with zero attached hydrogens (tertiary/aromatic N) is 2. The minimum Gasteiger partial charge on any atom is -0.450 e. The van der Waals surface area contributed by atoms with Crippen LogP contribution in [-0.2, 0) is 9.47 Å². The average Bonchev–Trinajstić information content (AvgIpc) is 3.48. The van der Waals surface area contributed by atoms with Crippen LogP contribution in [0.2, 0.25) is 0 Å². The Morgan fingerprint density at radius 1 is 1.26 bits per heavy atom. The number of amides is 1. The number of hydrogen-bond donors (Lipinski definition) is 2. The first-order valence-electron chi connectivity index (χ1n) is 10.1. The standard InChI is InChI=1S/C19H36N4O3.HI/c1-4-20-18(23(3)11-8-15-9-12-25-13-10-15)21-14-17(16-6-7-16)22-19(24)26-5-2;/h15-17H,4-14H2,1-3H3,(H,20,21)(H,22,24);1H. The molecule has 0 bridgehead atoms. The maximum absolute atomic E-state index is 11.7. The molecule has 0 aromatic rings. The third-order valence-corrected chi connectivity index (χ3v) is 5.12. The summed E-state index contributed by atoms with van der Waals surface area (Å²) in [4.78, 5) is 18.7. The second-order valence-corrected chi connectivity index (χ2v) is 7.27. The number of rotatable bonds is 9. The van der Waals surface area contributed by atoms with Crippen LogP contribution in [0, 0.1) is 11.8 Å². The van der Waals surface area contributed by atoms with Gasteiger partial charge in [-0.05, 0) is 57.8 Å². The number of carbonyl (C=O) groups is 1. The molecule has 1 unspecified atom stereocenters. The second-order valence-electron chi connectivity index (χ2n) is 7.27. The maximum atomic E-state index is 11.7. The van der Waals surface area contributed by atoms with Crippen molar-refractivity contribution in [1.29, 1.82) is 0 Å². The van der Waals surface area contributed by atoms with Gasteiger partial charge in [0.25, 0.3) is 0 Å². The molecular weight excluding hydrogens is 459 g/mol. The molecule has 1 heterocycles. The molecule has 1 saturated carbocycles. The first-order valence-corrected chi connectivity index (χ1v) is 10.1. The van der Waals surface area contributed by atoms with E-state index in [0.29, 0.717) is 19.1 Å². The Balaban J connectivity index is 0.00000364. The van der Waals surface area contributed by atoms with Gasteiger partial charge < -0.3 is 25.0 Å². The van der Waals surface area contributed by atoms with Gasteiger partial charge in [-0.15, -0.1) is 24.0 Å². The Labute approximate surface area is 181 Å². The van der Waals surface area contributed by atoms with Gasteiger partial charge in [0, 0.05) is 33.4 Å². The van der Waals surface area contributed by atoms with Crippen molar-refractivity contribution in [3.63, 3.8) is 0 Å². The molecular formula is C19H37IN4O3. The summed E-state index contributed by atoms with van der Waals surface area (Å²) in [6, 6.07) is 0.0617. The van der Waals surface area contributed by atoms with Crippen molar-refractivity contribution in [1.82, 2.24) is 15.5 Å². The Hall–Kier alpha value is -0.770. The van der Waals surface area contributed by atoms with Crippen molar-refractivity contribution in [3.8, 4) is 0 Å². The predicted molar refractivity (Wildman–Crippen MR) is 119 cm³/mol. The van der Waals surface area contributed by atoms with Crippen LogP contribution in [0.25, 0.3) is 0 Å². The van der Waals surface area contributed by atoms with E-state index in [1.807, 2.05) is 6.92 Å². The van der Waals surface area contributed by atoms with Gasteiger partial charge >= 0.3 is 6.09 Å². The molecule has 8 heteroatoms. The minimum absolute atomic E-state index is 0. The Morgan fingerprint density at radius 2 is 1.96 bits per heavy atom. The zero-order valence-electron chi connectivity index (χ0n) is 17.0. The van der Waals surface area contributed by atoms with Crippen molar-refractivity contribution >= 4 is 36.0 Å².